The van der Waals surface area contributed by atoms with Crippen molar-refractivity contribution in [2.45, 2.75) is 57.8 Å². The van der Waals surface area contributed by atoms with E-state index in [1.54, 1.807) is 0 Å². The Labute approximate surface area is 124 Å². The summed E-state index contributed by atoms with van der Waals surface area (Å²) in [5.74, 6) is 1.03. The summed E-state index contributed by atoms with van der Waals surface area (Å²) in [6.45, 7) is 2.58. The molecular weight excluding hydrogens is 260 g/mol. The van der Waals surface area contributed by atoms with Gasteiger partial charge in [0.25, 0.3) is 0 Å². The van der Waals surface area contributed by atoms with E-state index in [2.05, 4.69) is 12.6 Å². The van der Waals surface area contributed by atoms with E-state index in [0.717, 1.165) is 18.8 Å². The predicted molar refractivity (Wildman–Crippen MR) is 84.1 cm³/mol. The van der Waals surface area contributed by atoms with E-state index in [1.807, 2.05) is 0 Å². The highest BCUT2D eigenvalue weighted by Gasteiger charge is 1.93. The van der Waals surface area contributed by atoms with E-state index in [9.17, 15) is 0 Å². The molecule has 0 aromatic heterocycles. The highest BCUT2D eigenvalue weighted by atomic mass is 32.1. The summed E-state index contributed by atoms with van der Waals surface area (Å²) in [5, 5.41) is 8.50. The summed E-state index contributed by atoms with van der Waals surface area (Å²) in [5.41, 5.74) is 0. The van der Waals surface area contributed by atoms with Gasteiger partial charge in [0.05, 0.1) is 26.4 Å². The molecule has 0 saturated carbocycles. The quantitative estimate of drug-likeness (QED) is 0.338. The largest absolute Gasteiger partial charge is 0.394 e. The zero-order valence-electron chi connectivity index (χ0n) is 12.3. The van der Waals surface area contributed by atoms with Crippen LogP contribution in [0.4, 0.5) is 0 Å². The van der Waals surface area contributed by atoms with Gasteiger partial charge in [-0.15, -0.1) is 0 Å². The predicted octanol–water partition coefficient (Wildman–Crippen LogP) is 3.45. The molecule has 0 atom stereocenters. The SMILES string of the molecule is OCCOCCOCCCCCCCCCCCS. The molecule has 116 valence electrons. The van der Waals surface area contributed by atoms with E-state index in [1.165, 1.54) is 51.4 Å². The molecule has 0 aliphatic carbocycles. The molecule has 0 fully saturated rings. The molecule has 0 saturated heterocycles. The number of aliphatic hydroxyl groups excluding tert-OH is 1. The number of thiol groups is 1. The minimum absolute atomic E-state index is 0.0919. The molecule has 4 heteroatoms. The Hall–Kier alpha value is 0.230. The standard InChI is InChI=1S/C15H32O3S/c16-10-12-18-14-13-17-11-8-6-4-2-1-3-5-7-9-15-19/h16,19H,1-15H2. The van der Waals surface area contributed by atoms with Gasteiger partial charge in [-0.1, -0.05) is 44.9 Å². The van der Waals surface area contributed by atoms with Crippen molar-refractivity contribution in [2.24, 2.45) is 0 Å². The zero-order valence-corrected chi connectivity index (χ0v) is 13.2. The number of aliphatic hydroxyl groups is 1. The maximum Gasteiger partial charge on any atom is 0.0701 e. The Morgan fingerprint density at radius 3 is 1.58 bits per heavy atom. The van der Waals surface area contributed by atoms with Gasteiger partial charge in [-0.3, -0.25) is 0 Å². The summed E-state index contributed by atoms with van der Waals surface area (Å²) in [4.78, 5) is 0. The Kier molecular flexibility index (Phi) is 18.5. The van der Waals surface area contributed by atoms with Crippen molar-refractivity contribution in [1.82, 2.24) is 0 Å². The normalized spacial score (nSPS) is 11.1. The van der Waals surface area contributed by atoms with Crippen molar-refractivity contribution in [3.05, 3.63) is 0 Å². The third-order valence-corrected chi connectivity index (χ3v) is 3.37. The average molecular weight is 292 g/mol. The van der Waals surface area contributed by atoms with Gasteiger partial charge in [-0.05, 0) is 18.6 Å². The lowest BCUT2D eigenvalue weighted by Crippen LogP contribution is -2.07. The average Bonchev–Trinajstić information content (AvgIpc) is 2.43. The first-order valence-corrected chi connectivity index (χ1v) is 8.42. The summed E-state index contributed by atoms with van der Waals surface area (Å²) in [6, 6.07) is 0. The molecule has 0 spiro atoms. The molecule has 0 amide bonds. The van der Waals surface area contributed by atoms with E-state index in [4.69, 9.17) is 14.6 Å². The molecule has 0 rings (SSSR count). The first kappa shape index (κ1) is 19.2. The van der Waals surface area contributed by atoms with E-state index >= 15 is 0 Å². The highest BCUT2D eigenvalue weighted by Crippen LogP contribution is 2.09. The van der Waals surface area contributed by atoms with Crippen LogP contribution in [0.5, 0.6) is 0 Å². The molecule has 0 bridgehead atoms. The first-order valence-electron chi connectivity index (χ1n) is 7.79. The molecular formula is C15H32O3S. The lowest BCUT2D eigenvalue weighted by atomic mass is 10.1. The summed E-state index contributed by atoms with van der Waals surface area (Å²) in [6.07, 6.45) is 11.9. The Morgan fingerprint density at radius 2 is 1.05 bits per heavy atom. The van der Waals surface area contributed by atoms with Gasteiger partial charge < -0.3 is 14.6 Å². The topological polar surface area (TPSA) is 38.7 Å². The lowest BCUT2D eigenvalue weighted by molar-refractivity contribution is 0.0321. The van der Waals surface area contributed by atoms with Crippen LogP contribution in [0, 0.1) is 0 Å². The van der Waals surface area contributed by atoms with Crippen molar-refractivity contribution in [1.29, 1.82) is 0 Å². The van der Waals surface area contributed by atoms with Crippen molar-refractivity contribution < 1.29 is 14.6 Å². The van der Waals surface area contributed by atoms with Gasteiger partial charge >= 0.3 is 0 Å². The third-order valence-electron chi connectivity index (χ3n) is 3.05. The molecule has 0 aliphatic rings. The Bertz CT molecular complexity index is 140. The van der Waals surface area contributed by atoms with Crippen LogP contribution in [0.25, 0.3) is 0 Å². The monoisotopic (exact) mass is 292 g/mol. The van der Waals surface area contributed by atoms with Crippen molar-refractivity contribution in [3.8, 4) is 0 Å². The van der Waals surface area contributed by atoms with Gasteiger partial charge in [0, 0.05) is 6.61 Å². The van der Waals surface area contributed by atoms with Crippen LogP contribution >= 0.6 is 12.6 Å². The molecule has 0 radical (unpaired) electrons. The zero-order chi connectivity index (χ0) is 14.0. The molecule has 0 heterocycles. The number of unbranched alkanes of at least 4 members (excludes halogenated alkanes) is 8. The number of rotatable bonds is 16. The fourth-order valence-corrected chi connectivity index (χ4v) is 2.16. The van der Waals surface area contributed by atoms with E-state index in [0.29, 0.717) is 19.8 Å². The van der Waals surface area contributed by atoms with Crippen molar-refractivity contribution >= 4 is 12.6 Å². The molecule has 1 N–H and O–H groups in total. The second-order valence-corrected chi connectivity index (χ2v) is 5.30. The van der Waals surface area contributed by atoms with Gasteiger partial charge in [0.15, 0.2) is 0 Å². The second-order valence-electron chi connectivity index (χ2n) is 4.85. The second kappa shape index (κ2) is 18.2. The molecule has 0 unspecified atom stereocenters. The van der Waals surface area contributed by atoms with Crippen molar-refractivity contribution in [2.75, 3.05) is 38.8 Å². The fraction of sp³-hybridized carbons (Fsp3) is 1.00. The van der Waals surface area contributed by atoms with Gasteiger partial charge in [-0.2, -0.15) is 12.6 Å². The van der Waals surface area contributed by atoms with Crippen molar-refractivity contribution in [3.63, 3.8) is 0 Å². The van der Waals surface area contributed by atoms with Crippen LogP contribution in [0.15, 0.2) is 0 Å². The fourth-order valence-electron chi connectivity index (χ4n) is 1.94. The minimum atomic E-state index is 0.0919. The van der Waals surface area contributed by atoms with Crippen LogP contribution in [0.1, 0.15) is 57.8 Å². The van der Waals surface area contributed by atoms with Crippen LogP contribution in [0.2, 0.25) is 0 Å². The van der Waals surface area contributed by atoms with Crippen LogP contribution < -0.4 is 0 Å². The van der Waals surface area contributed by atoms with Crippen LogP contribution in [-0.4, -0.2) is 43.9 Å². The molecule has 19 heavy (non-hydrogen) atoms. The van der Waals surface area contributed by atoms with Gasteiger partial charge in [0.2, 0.25) is 0 Å². The van der Waals surface area contributed by atoms with Gasteiger partial charge in [0.1, 0.15) is 0 Å². The first-order chi connectivity index (χ1) is 9.41. The number of hydrogen-bond acceptors (Lipinski definition) is 4. The lowest BCUT2D eigenvalue weighted by Gasteiger charge is -2.05. The maximum atomic E-state index is 8.50. The third kappa shape index (κ3) is 18.2. The molecule has 0 aliphatic heterocycles. The van der Waals surface area contributed by atoms with Crippen LogP contribution in [0.3, 0.4) is 0 Å². The van der Waals surface area contributed by atoms with E-state index < -0.39 is 0 Å². The molecule has 3 nitrogen and oxygen atoms in total. The molecule has 0 aromatic rings. The van der Waals surface area contributed by atoms with Crippen LogP contribution in [-0.2, 0) is 9.47 Å². The molecule has 0 aromatic carbocycles. The Balaban J connectivity index is 2.88. The smallest absolute Gasteiger partial charge is 0.0701 e. The number of ether oxygens (including phenoxy) is 2. The summed E-state index contributed by atoms with van der Waals surface area (Å²) in [7, 11) is 0. The minimum Gasteiger partial charge on any atom is -0.394 e. The number of hydrogen-bond donors (Lipinski definition) is 2. The van der Waals surface area contributed by atoms with Gasteiger partial charge in [-0.25, -0.2) is 0 Å². The summed E-state index contributed by atoms with van der Waals surface area (Å²) >= 11 is 4.21. The highest BCUT2D eigenvalue weighted by molar-refractivity contribution is 7.80. The Morgan fingerprint density at radius 1 is 0.579 bits per heavy atom. The summed E-state index contributed by atoms with van der Waals surface area (Å²) < 4.78 is 10.5. The van der Waals surface area contributed by atoms with E-state index in [-0.39, 0.29) is 6.61 Å². The maximum absolute atomic E-state index is 8.50.